The van der Waals surface area contributed by atoms with Crippen molar-refractivity contribution in [2.75, 3.05) is 19.7 Å². The van der Waals surface area contributed by atoms with Crippen molar-refractivity contribution in [3.05, 3.63) is 0 Å². The van der Waals surface area contributed by atoms with E-state index in [1.807, 2.05) is 0 Å². The topological polar surface area (TPSA) is 49.8 Å². The molecule has 4 heteroatoms. The predicted octanol–water partition coefficient (Wildman–Crippen LogP) is 1.10. The number of ether oxygens (including phenoxy) is 1. The second kappa shape index (κ2) is 4.94. The van der Waals surface area contributed by atoms with Crippen LogP contribution in [0.2, 0.25) is 0 Å². The van der Waals surface area contributed by atoms with Crippen LogP contribution in [0, 0.1) is 0 Å². The van der Waals surface area contributed by atoms with Gasteiger partial charge in [0.25, 0.3) is 0 Å². The predicted molar refractivity (Wildman–Crippen MR) is 55.8 cm³/mol. The van der Waals surface area contributed by atoms with Crippen LogP contribution in [0.25, 0.3) is 0 Å². The van der Waals surface area contributed by atoms with Crippen molar-refractivity contribution in [3.63, 3.8) is 0 Å². The van der Waals surface area contributed by atoms with E-state index in [4.69, 9.17) is 9.84 Å². The maximum atomic E-state index is 10.5. The molecular formula is C11H19NO3. The molecule has 1 aliphatic heterocycles. The monoisotopic (exact) mass is 213 g/mol. The van der Waals surface area contributed by atoms with Crippen LogP contribution in [0.3, 0.4) is 0 Å². The van der Waals surface area contributed by atoms with Crippen molar-refractivity contribution in [3.8, 4) is 0 Å². The third kappa shape index (κ3) is 3.47. The van der Waals surface area contributed by atoms with Gasteiger partial charge in [-0.15, -0.1) is 0 Å². The number of carbonyl (C=O) groups is 1. The van der Waals surface area contributed by atoms with E-state index in [-0.39, 0.29) is 6.42 Å². The van der Waals surface area contributed by atoms with E-state index in [0.717, 1.165) is 26.0 Å². The molecule has 0 aromatic rings. The zero-order valence-corrected chi connectivity index (χ0v) is 9.02. The summed E-state index contributed by atoms with van der Waals surface area (Å²) in [5.41, 5.74) is 0. The zero-order valence-electron chi connectivity index (χ0n) is 9.02. The van der Waals surface area contributed by atoms with Gasteiger partial charge in [0.1, 0.15) is 0 Å². The molecule has 1 aliphatic carbocycles. The standard InChI is InChI=1S/C11H19NO3/c13-11(14)5-6-12(9-3-4-9)8-10-2-1-7-15-10/h9-10H,1-8H2,(H,13,14). The SMILES string of the molecule is O=C(O)CCN(CC1CCCO1)C1CC1. The molecule has 1 saturated heterocycles. The molecule has 0 amide bonds. The molecule has 1 unspecified atom stereocenters. The number of hydrogen-bond acceptors (Lipinski definition) is 3. The molecule has 2 aliphatic rings. The van der Waals surface area contributed by atoms with Crippen LogP contribution in [0.5, 0.6) is 0 Å². The number of nitrogens with zero attached hydrogens (tertiary/aromatic N) is 1. The summed E-state index contributed by atoms with van der Waals surface area (Å²) in [6.45, 7) is 2.49. The second-order valence-electron chi connectivity index (χ2n) is 4.50. The third-order valence-corrected chi connectivity index (χ3v) is 3.14. The summed E-state index contributed by atoms with van der Waals surface area (Å²) >= 11 is 0. The molecule has 1 N–H and O–H groups in total. The lowest BCUT2D eigenvalue weighted by Crippen LogP contribution is -2.35. The van der Waals surface area contributed by atoms with Crippen LogP contribution in [-0.2, 0) is 9.53 Å². The van der Waals surface area contributed by atoms with Crippen molar-refractivity contribution in [1.29, 1.82) is 0 Å². The molecule has 86 valence electrons. The fraction of sp³-hybridized carbons (Fsp3) is 0.909. The highest BCUT2D eigenvalue weighted by Crippen LogP contribution is 2.28. The van der Waals surface area contributed by atoms with Crippen molar-refractivity contribution < 1.29 is 14.6 Å². The Balaban J connectivity index is 1.74. The number of carboxylic acids is 1. The van der Waals surface area contributed by atoms with E-state index >= 15 is 0 Å². The van der Waals surface area contributed by atoms with Crippen LogP contribution in [0.1, 0.15) is 32.1 Å². The largest absolute Gasteiger partial charge is 0.481 e. The Kier molecular flexibility index (Phi) is 3.59. The van der Waals surface area contributed by atoms with Crippen molar-refractivity contribution in [2.24, 2.45) is 0 Å². The third-order valence-electron chi connectivity index (χ3n) is 3.14. The number of aliphatic carboxylic acids is 1. The van der Waals surface area contributed by atoms with Crippen LogP contribution >= 0.6 is 0 Å². The van der Waals surface area contributed by atoms with Gasteiger partial charge in [0.15, 0.2) is 0 Å². The molecular weight excluding hydrogens is 194 g/mol. The summed E-state index contributed by atoms with van der Waals surface area (Å²) in [5.74, 6) is -0.701. The fourth-order valence-electron chi connectivity index (χ4n) is 2.15. The van der Waals surface area contributed by atoms with Gasteiger partial charge in [0, 0.05) is 25.7 Å². The maximum Gasteiger partial charge on any atom is 0.304 e. The number of hydrogen-bond donors (Lipinski definition) is 1. The normalized spacial score (nSPS) is 26.1. The first-order valence-electron chi connectivity index (χ1n) is 5.83. The first-order chi connectivity index (χ1) is 7.25. The summed E-state index contributed by atoms with van der Waals surface area (Å²) in [7, 11) is 0. The average molecular weight is 213 g/mol. The van der Waals surface area contributed by atoms with Crippen molar-refractivity contribution in [2.45, 2.75) is 44.2 Å². The Labute approximate surface area is 90.2 Å². The van der Waals surface area contributed by atoms with Gasteiger partial charge >= 0.3 is 5.97 Å². The van der Waals surface area contributed by atoms with Gasteiger partial charge in [-0.25, -0.2) is 0 Å². The Morgan fingerprint density at radius 2 is 2.20 bits per heavy atom. The molecule has 0 radical (unpaired) electrons. The fourth-order valence-corrected chi connectivity index (χ4v) is 2.15. The summed E-state index contributed by atoms with van der Waals surface area (Å²) in [6, 6.07) is 0.633. The molecule has 1 saturated carbocycles. The first kappa shape index (κ1) is 10.9. The summed E-state index contributed by atoms with van der Waals surface area (Å²) < 4.78 is 5.58. The zero-order chi connectivity index (χ0) is 10.7. The smallest absolute Gasteiger partial charge is 0.304 e. The summed E-state index contributed by atoms with van der Waals surface area (Å²) in [6.07, 6.45) is 5.35. The first-order valence-corrected chi connectivity index (χ1v) is 5.83. The highest BCUT2D eigenvalue weighted by molar-refractivity contribution is 5.66. The number of rotatable bonds is 6. The number of carboxylic acid groups (broad SMARTS) is 1. The van der Waals surface area contributed by atoms with Gasteiger partial charge in [-0.3, -0.25) is 9.69 Å². The van der Waals surface area contributed by atoms with Gasteiger partial charge in [-0.1, -0.05) is 0 Å². The Hall–Kier alpha value is -0.610. The van der Waals surface area contributed by atoms with Crippen LogP contribution in [-0.4, -0.2) is 47.8 Å². The molecule has 0 spiro atoms. The van der Waals surface area contributed by atoms with E-state index in [1.165, 1.54) is 12.8 Å². The molecule has 4 nitrogen and oxygen atoms in total. The van der Waals surface area contributed by atoms with Gasteiger partial charge in [-0.05, 0) is 25.7 Å². The summed E-state index contributed by atoms with van der Waals surface area (Å²) in [5, 5.41) is 8.67. The van der Waals surface area contributed by atoms with Gasteiger partial charge in [0.05, 0.1) is 12.5 Å². The molecule has 0 bridgehead atoms. The van der Waals surface area contributed by atoms with Crippen molar-refractivity contribution >= 4 is 5.97 Å². The quantitative estimate of drug-likeness (QED) is 0.718. The van der Waals surface area contributed by atoms with E-state index in [9.17, 15) is 4.79 Å². The minimum atomic E-state index is -0.701. The van der Waals surface area contributed by atoms with Gasteiger partial charge in [-0.2, -0.15) is 0 Å². The van der Waals surface area contributed by atoms with Crippen LogP contribution in [0.4, 0.5) is 0 Å². The maximum absolute atomic E-state index is 10.5. The molecule has 1 atom stereocenters. The van der Waals surface area contributed by atoms with Crippen molar-refractivity contribution in [1.82, 2.24) is 4.90 Å². The van der Waals surface area contributed by atoms with E-state index in [2.05, 4.69) is 4.90 Å². The van der Waals surface area contributed by atoms with Crippen LogP contribution < -0.4 is 0 Å². The summed E-state index contributed by atoms with van der Waals surface area (Å²) in [4.78, 5) is 12.8. The van der Waals surface area contributed by atoms with E-state index in [0.29, 0.717) is 18.7 Å². The van der Waals surface area contributed by atoms with Gasteiger partial charge < -0.3 is 9.84 Å². The lowest BCUT2D eigenvalue weighted by molar-refractivity contribution is -0.137. The van der Waals surface area contributed by atoms with E-state index < -0.39 is 5.97 Å². The lowest BCUT2D eigenvalue weighted by atomic mass is 10.2. The molecule has 15 heavy (non-hydrogen) atoms. The second-order valence-corrected chi connectivity index (χ2v) is 4.50. The van der Waals surface area contributed by atoms with Gasteiger partial charge in [0.2, 0.25) is 0 Å². The molecule has 2 fully saturated rings. The van der Waals surface area contributed by atoms with Crippen LogP contribution in [0.15, 0.2) is 0 Å². The minimum absolute atomic E-state index is 0.253. The highest BCUT2D eigenvalue weighted by atomic mass is 16.5. The molecule has 0 aromatic heterocycles. The lowest BCUT2D eigenvalue weighted by Gasteiger charge is -2.24. The molecule has 0 aromatic carbocycles. The molecule has 1 heterocycles. The Morgan fingerprint density at radius 3 is 2.73 bits per heavy atom. The Bertz CT molecular complexity index is 222. The molecule has 2 rings (SSSR count). The average Bonchev–Trinajstić information content (AvgIpc) is 2.91. The Morgan fingerprint density at radius 1 is 1.40 bits per heavy atom. The minimum Gasteiger partial charge on any atom is -0.481 e. The van der Waals surface area contributed by atoms with E-state index in [1.54, 1.807) is 0 Å². The highest BCUT2D eigenvalue weighted by Gasteiger charge is 2.31.